The monoisotopic (exact) mass is 329 g/mol. The van der Waals surface area contributed by atoms with Gasteiger partial charge in [0.25, 0.3) is 0 Å². The summed E-state index contributed by atoms with van der Waals surface area (Å²) in [4.78, 5) is 4.25. The van der Waals surface area contributed by atoms with E-state index in [1.165, 1.54) is 0 Å². The molecule has 1 aromatic heterocycles. The molecule has 8 heteroatoms. The Balaban J connectivity index is 1.70. The third kappa shape index (κ3) is 3.18. The number of hydrogen-bond acceptors (Lipinski definition) is 6. The van der Waals surface area contributed by atoms with Gasteiger partial charge in [0.2, 0.25) is 15.9 Å². The van der Waals surface area contributed by atoms with Crippen molar-refractivity contribution in [1.82, 2.24) is 14.4 Å². The van der Waals surface area contributed by atoms with Crippen LogP contribution >= 0.6 is 0 Å². The molecule has 0 N–H and O–H groups in total. The number of aryl methyl sites for hydroxylation is 1. The van der Waals surface area contributed by atoms with Crippen LogP contribution in [0.3, 0.4) is 0 Å². The van der Waals surface area contributed by atoms with Gasteiger partial charge in [-0.2, -0.15) is 4.98 Å². The molecule has 0 spiro atoms. The van der Waals surface area contributed by atoms with Gasteiger partial charge in [0, 0.05) is 25.4 Å². The lowest BCUT2D eigenvalue weighted by atomic mass is 9.81. The molecule has 0 aliphatic carbocycles. The fourth-order valence-corrected chi connectivity index (χ4v) is 5.12. The highest BCUT2D eigenvalue weighted by Gasteiger charge is 2.44. The summed E-state index contributed by atoms with van der Waals surface area (Å²) < 4.78 is 37.1. The maximum absolute atomic E-state index is 12.3. The molecule has 0 unspecified atom stereocenters. The van der Waals surface area contributed by atoms with Crippen molar-refractivity contribution in [3.05, 3.63) is 11.7 Å². The van der Waals surface area contributed by atoms with Crippen molar-refractivity contribution in [3.63, 3.8) is 0 Å². The van der Waals surface area contributed by atoms with Gasteiger partial charge >= 0.3 is 0 Å². The summed E-state index contributed by atoms with van der Waals surface area (Å²) in [5.41, 5.74) is 0. The first-order valence-electron chi connectivity index (χ1n) is 7.84. The Morgan fingerprint density at radius 1 is 1.32 bits per heavy atom. The van der Waals surface area contributed by atoms with E-state index in [-0.39, 0.29) is 17.6 Å². The molecule has 0 radical (unpaired) electrons. The molecule has 2 saturated heterocycles. The van der Waals surface area contributed by atoms with E-state index in [2.05, 4.69) is 10.1 Å². The molecule has 2 fully saturated rings. The molecule has 1 aromatic rings. The molecule has 3 heterocycles. The number of rotatable bonds is 5. The van der Waals surface area contributed by atoms with Crippen molar-refractivity contribution in [2.45, 2.75) is 26.7 Å². The van der Waals surface area contributed by atoms with Crippen LogP contribution in [0.4, 0.5) is 0 Å². The first-order chi connectivity index (χ1) is 10.5. The molecule has 0 aromatic carbocycles. The van der Waals surface area contributed by atoms with Gasteiger partial charge in [-0.05, 0) is 25.2 Å². The van der Waals surface area contributed by atoms with Crippen molar-refractivity contribution < 1.29 is 17.7 Å². The minimum Gasteiger partial charge on any atom is -0.381 e. The lowest BCUT2D eigenvalue weighted by Crippen LogP contribution is -2.36. The standard InChI is InChI=1S/C14H23N3O4S/c1-3-4-22(18,19)17-6-12-9-20-8-11(13(12)7-17)5-14-15-10(2)16-21-14/h11-13H,3-9H2,1-2H3/t11-,12-,13+/m1/s1. The number of aromatic nitrogens is 2. The van der Waals surface area contributed by atoms with E-state index in [9.17, 15) is 8.42 Å². The SMILES string of the molecule is CCCS(=O)(=O)N1C[C@@H]2COC[C@@H](Cc3nc(C)no3)[C@@H]2C1. The predicted octanol–water partition coefficient (Wildman–Crippen LogP) is 0.855. The number of sulfonamides is 1. The molecular formula is C14H23N3O4S. The summed E-state index contributed by atoms with van der Waals surface area (Å²) in [5.74, 6) is 2.28. The molecule has 0 saturated carbocycles. The van der Waals surface area contributed by atoms with Gasteiger partial charge in [-0.1, -0.05) is 12.1 Å². The fourth-order valence-electron chi connectivity index (χ4n) is 3.53. The highest BCUT2D eigenvalue weighted by atomic mass is 32.2. The Morgan fingerprint density at radius 2 is 2.14 bits per heavy atom. The van der Waals surface area contributed by atoms with Crippen LogP contribution < -0.4 is 0 Å². The summed E-state index contributed by atoms with van der Waals surface area (Å²) >= 11 is 0. The summed E-state index contributed by atoms with van der Waals surface area (Å²) in [5, 5.41) is 3.81. The minimum atomic E-state index is -3.13. The van der Waals surface area contributed by atoms with Gasteiger partial charge in [-0.15, -0.1) is 0 Å². The molecule has 3 rings (SSSR count). The van der Waals surface area contributed by atoms with Crippen LogP contribution in [0.25, 0.3) is 0 Å². The van der Waals surface area contributed by atoms with Crippen molar-refractivity contribution in [2.24, 2.45) is 17.8 Å². The molecule has 3 atom stereocenters. The van der Waals surface area contributed by atoms with E-state index in [1.807, 2.05) is 6.92 Å². The summed E-state index contributed by atoms with van der Waals surface area (Å²) in [7, 11) is -3.13. The second-order valence-corrected chi connectivity index (χ2v) is 8.38. The molecule has 7 nitrogen and oxygen atoms in total. The normalized spacial score (nSPS) is 29.6. The largest absolute Gasteiger partial charge is 0.381 e. The second-order valence-electron chi connectivity index (χ2n) is 6.29. The van der Waals surface area contributed by atoms with E-state index in [4.69, 9.17) is 9.26 Å². The molecule has 2 aliphatic rings. The van der Waals surface area contributed by atoms with Crippen molar-refractivity contribution in [3.8, 4) is 0 Å². The van der Waals surface area contributed by atoms with Crippen LogP contribution in [0.1, 0.15) is 25.1 Å². The Labute approximate surface area is 131 Å². The zero-order valence-electron chi connectivity index (χ0n) is 13.1. The van der Waals surface area contributed by atoms with Crippen LogP contribution in [0, 0.1) is 24.7 Å². The van der Waals surface area contributed by atoms with E-state index in [0.29, 0.717) is 56.8 Å². The smallest absolute Gasteiger partial charge is 0.227 e. The molecule has 2 aliphatic heterocycles. The highest BCUT2D eigenvalue weighted by Crippen LogP contribution is 2.36. The van der Waals surface area contributed by atoms with Crippen LogP contribution in [-0.2, 0) is 21.2 Å². The van der Waals surface area contributed by atoms with E-state index < -0.39 is 10.0 Å². The van der Waals surface area contributed by atoms with E-state index >= 15 is 0 Å². The van der Waals surface area contributed by atoms with Gasteiger partial charge < -0.3 is 9.26 Å². The van der Waals surface area contributed by atoms with E-state index in [0.717, 1.165) is 0 Å². The van der Waals surface area contributed by atoms with Gasteiger partial charge in [0.15, 0.2) is 5.82 Å². The molecular weight excluding hydrogens is 306 g/mol. The van der Waals surface area contributed by atoms with Crippen LogP contribution in [0.5, 0.6) is 0 Å². The number of hydrogen-bond donors (Lipinski definition) is 0. The Morgan fingerprint density at radius 3 is 2.82 bits per heavy atom. The lowest BCUT2D eigenvalue weighted by molar-refractivity contribution is -0.0110. The molecule has 22 heavy (non-hydrogen) atoms. The number of ether oxygens (including phenoxy) is 1. The van der Waals surface area contributed by atoms with Crippen LogP contribution in [0.15, 0.2) is 4.52 Å². The zero-order valence-corrected chi connectivity index (χ0v) is 13.9. The van der Waals surface area contributed by atoms with Crippen molar-refractivity contribution in [1.29, 1.82) is 0 Å². The minimum absolute atomic E-state index is 0.223. The van der Waals surface area contributed by atoms with Gasteiger partial charge in [-0.3, -0.25) is 0 Å². The highest BCUT2D eigenvalue weighted by molar-refractivity contribution is 7.89. The molecule has 0 bridgehead atoms. The second kappa shape index (κ2) is 6.25. The fraction of sp³-hybridized carbons (Fsp3) is 0.857. The third-order valence-corrected chi connectivity index (χ3v) is 6.60. The Bertz CT molecular complexity index is 615. The van der Waals surface area contributed by atoms with Crippen molar-refractivity contribution in [2.75, 3.05) is 32.1 Å². The summed E-state index contributed by atoms with van der Waals surface area (Å²) in [6.45, 7) is 6.12. The predicted molar refractivity (Wildman–Crippen MR) is 79.7 cm³/mol. The number of fused-ring (bicyclic) bond motifs is 1. The first-order valence-corrected chi connectivity index (χ1v) is 9.45. The van der Waals surface area contributed by atoms with Gasteiger partial charge in [0.1, 0.15) is 0 Å². The third-order valence-electron chi connectivity index (χ3n) is 4.59. The quantitative estimate of drug-likeness (QED) is 0.796. The van der Waals surface area contributed by atoms with Crippen LogP contribution in [0.2, 0.25) is 0 Å². The van der Waals surface area contributed by atoms with Gasteiger partial charge in [0.05, 0.1) is 19.0 Å². The van der Waals surface area contributed by atoms with Crippen molar-refractivity contribution >= 4 is 10.0 Å². The average molecular weight is 329 g/mol. The summed E-state index contributed by atoms with van der Waals surface area (Å²) in [6.07, 6.45) is 1.30. The van der Waals surface area contributed by atoms with Gasteiger partial charge in [-0.25, -0.2) is 12.7 Å². The average Bonchev–Trinajstić information content (AvgIpc) is 3.06. The van der Waals surface area contributed by atoms with Crippen LogP contribution in [-0.4, -0.2) is 54.9 Å². The number of nitrogens with zero attached hydrogens (tertiary/aromatic N) is 3. The first kappa shape index (κ1) is 15.9. The zero-order chi connectivity index (χ0) is 15.7. The molecule has 124 valence electrons. The maximum atomic E-state index is 12.3. The maximum Gasteiger partial charge on any atom is 0.227 e. The van der Waals surface area contributed by atoms with E-state index in [1.54, 1.807) is 11.2 Å². The Hall–Kier alpha value is -0.990. The summed E-state index contributed by atoms with van der Waals surface area (Å²) in [6, 6.07) is 0. The topological polar surface area (TPSA) is 85.5 Å². The lowest BCUT2D eigenvalue weighted by Gasteiger charge is -2.32. The molecule has 0 amide bonds. The Kier molecular flexibility index (Phi) is 4.52.